The molecule has 0 bridgehead atoms. The summed E-state index contributed by atoms with van der Waals surface area (Å²) in [5.41, 5.74) is 0.882. The van der Waals surface area contributed by atoms with E-state index in [1.807, 2.05) is 60.7 Å². The molecule has 1 heterocycles. The molecule has 0 saturated heterocycles. The fraction of sp³-hybridized carbons (Fsp3) is 0.222. The van der Waals surface area contributed by atoms with Crippen LogP contribution in [0.15, 0.2) is 66.9 Å². The van der Waals surface area contributed by atoms with Crippen molar-refractivity contribution in [1.82, 2.24) is 15.0 Å². The summed E-state index contributed by atoms with van der Waals surface area (Å²) in [5, 5.41) is 28.7. The van der Waals surface area contributed by atoms with E-state index in [-0.39, 0.29) is 12.6 Å². The van der Waals surface area contributed by atoms with Crippen molar-refractivity contribution in [2.45, 2.75) is 18.6 Å². The summed E-state index contributed by atoms with van der Waals surface area (Å²) >= 11 is 0. The van der Waals surface area contributed by atoms with E-state index in [4.69, 9.17) is 0 Å². The number of aliphatic hydroxyl groups is 2. The van der Waals surface area contributed by atoms with Crippen molar-refractivity contribution in [2.24, 2.45) is 0 Å². The van der Waals surface area contributed by atoms with Crippen LogP contribution in [0.1, 0.15) is 29.8 Å². The van der Waals surface area contributed by atoms with Gasteiger partial charge in [-0.05, 0) is 18.1 Å². The van der Waals surface area contributed by atoms with Crippen LogP contribution in [0.2, 0.25) is 0 Å². The Morgan fingerprint density at radius 3 is 2.26 bits per heavy atom. The van der Waals surface area contributed by atoms with Gasteiger partial charge in [0.2, 0.25) is 0 Å². The predicted molar refractivity (Wildman–Crippen MR) is 86.8 cm³/mol. The Kier molecular flexibility index (Phi) is 4.23. The van der Waals surface area contributed by atoms with Gasteiger partial charge in [0, 0.05) is 0 Å². The van der Waals surface area contributed by atoms with E-state index in [1.165, 1.54) is 0 Å². The highest BCUT2D eigenvalue weighted by atomic mass is 16.3. The Morgan fingerprint density at radius 2 is 1.65 bits per heavy atom. The monoisotopic (exact) mass is 309 g/mol. The quantitative estimate of drug-likeness (QED) is 0.757. The van der Waals surface area contributed by atoms with Crippen LogP contribution in [0.25, 0.3) is 0 Å². The van der Waals surface area contributed by atoms with Crippen molar-refractivity contribution in [2.75, 3.05) is 6.61 Å². The molecule has 0 fully saturated rings. The molecule has 3 rings (SSSR count). The zero-order valence-electron chi connectivity index (χ0n) is 12.9. The normalized spacial score (nSPS) is 15.1. The number of aliphatic hydroxyl groups excluding tert-OH is 1. The number of hydrogen-bond donors (Lipinski definition) is 2. The number of benzene rings is 2. The van der Waals surface area contributed by atoms with E-state index >= 15 is 0 Å². The number of hydrogen-bond acceptors (Lipinski definition) is 4. The highest BCUT2D eigenvalue weighted by Crippen LogP contribution is 2.28. The molecule has 0 aliphatic rings. The highest BCUT2D eigenvalue weighted by Gasteiger charge is 2.29. The highest BCUT2D eigenvalue weighted by molar-refractivity contribution is 5.30. The van der Waals surface area contributed by atoms with Crippen molar-refractivity contribution in [3.63, 3.8) is 0 Å². The minimum Gasteiger partial charge on any atom is -0.394 e. The van der Waals surface area contributed by atoms with E-state index in [9.17, 15) is 10.2 Å². The molecule has 118 valence electrons. The average molecular weight is 309 g/mol. The molecule has 5 heteroatoms. The molecule has 0 aliphatic carbocycles. The lowest BCUT2D eigenvalue weighted by Gasteiger charge is -2.21. The van der Waals surface area contributed by atoms with Gasteiger partial charge in [-0.1, -0.05) is 65.9 Å². The van der Waals surface area contributed by atoms with Crippen LogP contribution in [-0.4, -0.2) is 31.8 Å². The van der Waals surface area contributed by atoms with Gasteiger partial charge in [0.25, 0.3) is 0 Å². The van der Waals surface area contributed by atoms with Crippen LogP contribution in [0.3, 0.4) is 0 Å². The van der Waals surface area contributed by atoms with Gasteiger partial charge in [-0.15, -0.1) is 5.10 Å². The number of nitrogens with zero attached hydrogens (tertiary/aromatic N) is 3. The zero-order chi connectivity index (χ0) is 16.3. The van der Waals surface area contributed by atoms with Gasteiger partial charge in [0.15, 0.2) is 0 Å². The van der Waals surface area contributed by atoms with Gasteiger partial charge in [-0.3, -0.25) is 0 Å². The van der Waals surface area contributed by atoms with Crippen molar-refractivity contribution in [3.05, 3.63) is 83.7 Å². The van der Waals surface area contributed by atoms with E-state index in [0.29, 0.717) is 5.69 Å². The maximum absolute atomic E-state index is 10.8. The summed E-state index contributed by atoms with van der Waals surface area (Å²) in [5.74, 6) is 0. The maximum Gasteiger partial charge on any atom is 0.132 e. The van der Waals surface area contributed by atoms with Crippen LogP contribution < -0.4 is 0 Å². The third kappa shape index (κ3) is 3.02. The Morgan fingerprint density at radius 1 is 1.04 bits per heavy atom. The Hall–Kier alpha value is -2.50. The molecule has 2 N–H and O–H groups in total. The van der Waals surface area contributed by atoms with Crippen LogP contribution >= 0.6 is 0 Å². The lowest BCUT2D eigenvalue weighted by atomic mass is 9.93. The van der Waals surface area contributed by atoms with Gasteiger partial charge in [-0.25, -0.2) is 4.68 Å². The van der Waals surface area contributed by atoms with Crippen molar-refractivity contribution < 1.29 is 10.2 Å². The average Bonchev–Trinajstić information content (AvgIpc) is 3.08. The van der Waals surface area contributed by atoms with Crippen LogP contribution in [-0.2, 0) is 5.60 Å². The number of rotatable bonds is 5. The summed E-state index contributed by atoms with van der Waals surface area (Å²) in [6, 6.07) is 18.6. The van der Waals surface area contributed by atoms with Gasteiger partial charge in [-0.2, -0.15) is 0 Å². The number of aromatic nitrogens is 3. The summed E-state index contributed by atoms with van der Waals surface area (Å²) in [4.78, 5) is 0. The van der Waals surface area contributed by atoms with E-state index in [2.05, 4.69) is 10.3 Å². The predicted octanol–water partition coefficient (Wildman–Crippen LogP) is 2.12. The molecule has 2 aromatic carbocycles. The molecular weight excluding hydrogens is 290 g/mol. The zero-order valence-corrected chi connectivity index (χ0v) is 12.9. The van der Waals surface area contributed by atoms with Crippen LogP contribution in [0.5, 0.6) is 0 Å². The molecule has 0 amide bonds. The maximum atomic E-state index is 10.8. The Labute approximate surface area is 134 Å². The van der Waals surface area contributed by atoms with Crippen molar-refractivity contribution >= 4 is 0 Å². The molecule has 5 nitrogen and oxygen atoms in total. The van der Waals surface area contributed by atoms with Crippen LogP contribution in [0, 0.1) is 0 Å². The molecule has 0 aliphatic heterocycles. The second kappa shape index (κ2) is 6.32. The molecule has 0 radical (unpaired) electrons. The van der Waals surface area contributed by atoms with Crippen molar-refractivity contribution in [3.8, 4) is 0 Å². The SMILES string of the molecule is CC(O)(c1ccccc1)c1cn(C(CO)c2ccccc2)nn1. The smallest absolute Gasteiger partial charge is 0.132 e. The van der Waals surface area contributed by atoms with Gasteiger partial charge >= 0.3 is 0 Å². The summed E-state index contributed by atoms with van der Waals surface area (Å²) in [7, 11) is 0. The first-order valence-corrected chi connectivity index (χ1v) is 7.49. The molecule has 0 saturated carbocycles. The lowest BCUT2D eigenvalue weighted by molar-refractivity contribution is 0.0972. The van der Waals surface area contributed by atoms with E-state index in [0.717, 1.165) is 11.1 Å². The molecule has 1 aromatic heterocycles. The molecule has 2 unspecified atom stereocenters. The topological polar surface area (TPSA) is 71.2 Å². The van der Waals surface area contributed by atoms with Gasteiger partial charge in [0.1, 0.15) is 17.3 Å². The third-order valence-corrected chi connectivity index (χ3v) is 4.02. The van der Waals surface area contributed by atoms with Gasteiger partial charge < -0.3 is 10.2 Å². The minimum absolute atomic E-state index is 0.0969. The molecule has 0 spiro atoms. The molecule has 3 aromatic rings. The molecule has 23 heavy (non-hydrogen) atoms. The molecule has 2 atom stereocenters. The van der Waals surface area contributed by atoms with E-state index < -0.39 is 5.60 Å². The summed E-state index contributed by atoms with van der Waals surface area (Å²) in [6.45, 7) is 1.59. The largest absolute Gasteiger partial charge is 0.394 e. The summed E-state index contributed by atoms with van der Waals surface area (Å²) in [6.07, 6.45) is 1.68. The third-order valence-electron chi connectivity index (χ3n) is 4.02. The summed E-state index contributed by atoms with van der Waals surface area (Å²) < 4.78 is 1.59. The fourth-order valence-electron chi connectivity index (χ4n) is 2.58. The molecular formula is C18H19N3O2. The van der Waals surface area contributed by atoms with Gasteiger partial charge in [0.05, 0.1) is 12.8 Å². The Balaban J connectivity index is 1.94. The van der Waals surface area contributed by atoms with Crippen LogP contribution in [0.4, 0.5) is 0 Å². The first-order chi connectivity index (χ1) is 11.1. The first-order valence-electron chi connectivity index (χ1n) is 7.49. The second-order valence-electron chi connectivity index (χ2n) is 5.63. The standard InChI is InChI=1S/C18H19N3O2/c1-18(23,15-10-6-3-7-11-15)17-12-21(20-19-17)16(13-22)14-8-4-2-5-9-14/h2-12,16,22-23H,13H2,1H3. The fourth-order valence-corrected chi connectivity index (χ4v) is 2.58. The second-order valence-corrected chi connectivity index (χ2v) is 5.63. The minimum atomic E-state index is -1.24. The van der Waals surface area contributed by atoms with E-state index in [1.54, 1.807) is 17.8 Å². The Bertz CT molecular complexity index is 754. The lowest BCUT2D eigenvalue weighted by Crippen LogP contribution is -2.23. The van der Waals surface area contributed by atoms with Crippen molar-refractivity contribution in [1.29, 1.82) is 0 Å². The first kappa shape index (κ1) is 15.4.